The van der Waals surface area contributed by atoms with Crippen molar-refractivity contribution < 1.29 is 0 Å². The zero-order valence-corrected chi connectivity index (χ0v) is 13.1. The van der Waals surface area contributed by atoms with Crippen LogP contribution in [0.3, 0.4) is 0 Å². The Morgan fingerprint density at radius 1 is 1.25 bits per heavy atom. The van der Waals surface area contributed by atoms with Gasteiger partial charge in [0.2, 0.25) is 0 Å². The van der Waals surface area contributed by atoms with Gasteiger partial charge in [-0.2, -0.15) is 11.8 Å². The Morgan fingerprint density at radius 2 is 1.88 bits per heavy atom. The van der Waals surface area contributed by atoms with Crippen LogP contribution in [-0.4, -0.2) is 18.1 Å². The van der Waals surface area contributed by atoms with E-state index in [1.54, 1.807) is 0 Å². The van der Waals surface area contributed by atoms with Crippen LogP contribution in [0.1, 0.15) is 31.9 Å². The number of rotatable bonds is 6. The lowest BCUT2D eigenvalue weighted by molar-refractivity contribution is 0.558. The molecule has 0 radical (unpaired) electrons. The van der Waals surface area contributed by atoms with E-state index < -0.39 is 0 Å². The zero-order valence-electron chi connectivity index (χ0n) is 10.2. The van der Waals surface area contributed by atoms with Crippen molar-refractivity contribution in [3.8, 4) is 0 Å². The summed E-state index contributed by atoms with van der Waals surface area (Å²) in [6.45, 7) is 5.60. The molecule has 3 heteroatoms. The second-order valence-corrected chi connectivity index (χ2v) is 6.58. The molecule has 1 nitrogen and oxygen atoms in total. The van der Waals surface area contributed by atoms with Crippen molar-refractivity contribution >= 4 is 34.4 Å². The van der Waals surface area contributed by atoms with Crippen LogP contribution in [0.25, 0.3) is 0 Å². The van der Waals surface area contributed by atoms with Crippen molar-refractivity contribution in [2.45, 2.75) is 31.6 Å². The lowest BCUT2D eigenvalue weighted by atomic mass is 10.1. The van der Waals surface area contributed by atoms with Gasteiger partial charge in [0.25, 0.3) is 0 Å². The smallest absolute Gasteiger partial charge is 0.0291 e. The van der Waals surface area contributed by atoms with Crippen molar-refractivity contribution in [2.75, 3.05) is 12.8 Å². The molecule has 0 aliphatic carbocycles. The fraction of sp³-hybridized carbons (Fsp3) is 0.538. The Hall–Kier alpha value is 0.260. The minimum absolute atomic E-state index is 0.450. The molecule has 16 heavy (non-hydrogen) atoms. The first-order valence-electron chi connectivity index (χ1n) is 5.65. The molecular weight excluding hydrogens is 329 g/mol. The average molecular weight is 349 g/mol. The Morgan fingerprint density at radius 3 is 2.44 bits per heavy atom. The fourth-order valence-corrected chi connectivity index (χ4v) is 2.20. The highest BCUT2D eigenvalue weighted by Crippen LogP contribution is 2.15. The maximum atomic E-state index is 3.57. The van der Waals surface area contributed by atoms with Crippen molar-refractivity contribution in [1.82, 2.24) is 5.32 Å². The fourth-order valence-electron chi connectivity index (χ4n) is 1.49. The van der Waals surface area contributed by atoms with Crippen LogP contribution in [0.15, 0.2) is 24.3 Å². The SMILES string of the molecule is CSC(C)CCNC(C)c1ccc(I)cc1. The third-order valence-electron chi connectivity index (χ3n) is 2.77. The Bertz CT molecular complexity index is 299. The summed E-state index contributed by atoms with van der Waals surface area (Å²) in [5, 5.41) is 4.31. The summed E-state index contributed by atoms with van der Waals surface area (Å²) in [6.07, 6.45) is 3.41. The van der Waals surface area contributed by atoms with E-state index in [9.17, 15) is 0 Å². The van der Waals surface area contributed by atoms with Gasteiger partial charge >= 0.3 is 0 Å². The van der Waals surface area contributed by atoms with E-state index in [-0.39, 0.29) is 0 Å². The predicted molar refractivity (Wildman–Crippen MR) is 83.2 cm³/mol. The van der Waals surface area contributed by atoms with Gasteiger partial charge in [-0.05, 0) is 66.4 Å². The molecular formula is C13H20INS. The van der Waals surface area contributed by atoms with Crippen LogP contribution in [0.4, 0.5) is 0 Å². The molecule has 0 aromatic heterocycles. The van der Waals surface area contributed by atoms with Crippen molar-refractivity contribution in [1.29, 1.82) is 0 Å². The third kappa shape index (κ3) is 5.06. The molecule has 0 saturated heterocycles. The van der Waals surface area contributed by atoms with E-state index in [0.29, 0.717) is 6.04 Å². The highest BCUT2D eigenvalue weighted by atomic mass is 127. The average Bonchev–Trinajstić information content (AvgIpc) is 2.29. The molecule has 0 amide bonds. The largest absolute Gasteiger partial charge is 0.310 e. The summed E-state index contributed by atoms with van der Waals surface area (Å²) in [4.78, 5) is 0. The second kappa shape index (κ2) is 7.56. The molecule has 2 unspecified atom stereocenters. The van der Waals surface area contributed by atoms with Crippen molar-refractivity contribution in [2.24, 2.45) is 0 Å². The monoisotopic (exact) mass is 349 g/mol. The van der Waals surface area contributed by atoms with Crippen LogP contribution in [0.5, 0.6) is 0 Å². The van der Waals surface area contributed by atoms with Gasteiger partial charge in [0.15, 0.2) is 0 Å². The quantitative estimate of drug-likeness (QED) is 0.777. The lowest BCUT2D eigenvalue weighted by Crippen LogP contribution is -2.21. The van der Waals surface area contributed by atoms with Gasteiger partial charge < -0.3 is 5.32 Å². The van der Waals surface area contributed by atoms with Crippen LogP contribution >= 0.6 is 34.4 Å². The van der Waals surface area contributed by atoms with E-state index in [0.717, 1.165) is 11.8 Å². The molecule has 0 spiro atoms. The minimum atomic E-state index is 0.450. The molecule has 0 saturated carbocycles. The molecule has 1 N–H and O–H groups in total. The normalized spacial score (nSPS) is 14.8. The van der Waals surface area contributed by atoms with Crippen LogP contribution < -0.4 is 5.32 Å². The van der Waals surface area contributed by atoms with E-state index >= 15 is 0 Å². The van der Waals surface area contributed by atoms with Crippen LogP contribution in [0, 0.1) is 3.57 Å². The van der Waals surface area contributed by atoms with Gasteiger partial charge in [-0.25, -0.2) is 0 Å². The first kappa shape index (κ1) is 14.3. The predicted octanol–water partition coefficient (Wildman–Crippen LogP) is 4.08. The number of thioether (sulfide) groups is 1. The van der Waals surface area contributed by atoms with Gasteiger partial charge in [0.1, 0.15) is 0 Å². The van der Waals surface area contributed by atoms with Crippen molar-refractivity contribution in [3.63, 3.8) is 0 Å². The van der Waals surface area contributed by atoms with Crippen LogP contribution in [0.2, 0.25) is 0 Å². The summed E-state index contributed by atoms with van der Waals surface area (Å²) in [5.74, 6) is 0. The van der Waals surface area contributed by atoms with Gasteiger partial charge in [0.05, 0.1) is 0 Å². The summed E-state index contributed by atoms with van der Waals surface area (Å²) in [7, 11) is 0. The lowest BCUT2D eigenvalue weighted by Gasteiger charge is -2.15. The maximum absolute atomic E-state index is 3.57. The molecule has 1 aromatic carbocycles. The zero-order chi connectivity index (χ0) is 12.0. The van der Waals surface area contributed by atoms with Crippen molar-refractivity contribution in [3.05, 3.63) is 33.4 Å². The van der Waals surface area contributed by atoms with E-state index in [4.69, 9.17) is 0 Å². The number of nitrogens with one attached hydrogen (secondary N) is 1. The first-order valence-corrected chi connectivity index (χ1v) is 8.01. The molecule has 1 aromatic rings. The maximum Gasteiger partial charge on any atom is 0.0291 e. The van der Waals surface area contributed by atoms with E-state index in [1.165, 1.54) is 15.6 Å². The van der Waals surface area contributed by atoms with Gasteiger partial charge in [-0.1, -0.05) is 19.1 Å². The topological polar surface area (TPSA) is 12.0 Å². The summed E-state index contributed by atoms with van der Waals surface area (Å²) in [6, 6.07) is 9.19. The molecule has 1 rings (SSSR count). The first-order chi connectivity index (χ1) is 7.63. The number of halogens is 1. The third-order valence-corrected chi connectivity index (χ3v) is 4.53. The van der Waals surface area contributed by atoms with Gasteiger partial charge in [0, 0.05) is 14.9 Å². The Labute approximate surface area is 117 Å². The van der Waals surface area contributed by atoms with Gasteiger partial charge in [-0.15, -0.1) is 0 Å². The highest BCUT2D eigenvalue weighted by molar-refractivity contribution is 14.1. The standard InChI is InChI=1S/C13H20INS/c1-10(16-3)8-9-15-11(2)12-4-6-13(14)7-5-12/h4-7,10-11,15H,8-9H2,1-3H3. The summed E-state index contributed by atoms with van der Waals surface area (Å²) >= 11 is 4.27. The second-order valence-electron chi connectivity index (χ2n) is 4.06. The number of benzene rings is 1. The molecule has 2 atom stereocenters. The van der Waals surface area contributed by atoms with Crippen LogP contribution in [-0.2, 0) is 0 Å². The molecule has 0 aliphatic rings. The number of hydrogen-bond donors (Lipinski definition) is 1. The Balaban J connectivity index is 2.35. The number of hydrogen-bond acceptors (Lipinski definition) is 2. The van der Waals surface area contributed by atoms with Gasteiger partial charge in [-0.3, -0.25) is 0 Å². The molecule has 0 fully saturated rings. The summed E-state index contributed by atoms with van der Waals surface area (Å²) < 4.78 is 1.30. The summed E-state index contributed by atoms with van der Waals surface area (Å²) in [5.41, 5.74) is 1.37. The molecule has 0 heterocycles. The molecule has 90 valence electrons. The van der Waals surface area contributed by atoms with E-state index in [2.05, 4.69) is 72.3 Å². The molecule has 0 aliphatic heterocycles. The highest BCUT2D eigenvalue weighted by Gasteiger charge is 2.05. The Kier molecular flexibility index (Phi) is 6.77. The minimum Gasteiger partial charge on any atom is -0.310 e. The molecule has 0 bridgehead atoms. The van der Waals surface area contributed by atoms with E-state index in [1.807, 2.05) is 11.8 Å².